The topological polar surface area (TPSA) is 94.1 Å². The molecule has 2 aromatic carbocycles. The third-order valence-electron chi connectivity index (χ3n) is 2.91. The molecule has 100 valence electrons. The fourth-order valence-electron chi connectivity index (χ4n) is 1.92. The second-order valence-electron chi connectivity index (χ2n) is 4.34. The molecule has 0 saturated carbocycles. The molecule has 0 saturated heterocycles. The van der Waals surface area contributed by atoms with Crippen molar-refractivity contribution in [2.24, 2.45) is 0 Å². The van der Waals surface area contributed by atoms with Crippen molar-refractivity contribution in [2.75, 3.05) is 5.32 Å². The van der Waals surface area contributed by atoms with E-state index in [1.807, 2.05) is 31.2 Å². The molecule has 0 aliphatic heterocycles. The van der Waals surface area contributed by atoms with Crippen LogP contribution in [0.15, 0.2) is 41.0 Å². The Bertz CT molecular complexity index is 780. The van der Waals surface area contributed by atoms with Gasteiger partial charge in [-0.25, -0.2) is 4.63 Å². The Balaban J connectivity index is 2.08. The van der Waals surface area contributed by atoms with Gasteiger partial charge in [-0.3, -0.25) is 10.1 Å². The number of nitrogens with one attached hydrogen (secondary N) is 1. The zero-order valence-electron chi connectivity index (χ0n) is 10.5. The lowest BCUT2D eigenvalue weighted by Crippen LogP contribution is -1.98. The summed E-state index contributed by atoms with van der Waals surface area (Å²) < 4.78 is 4.54. The third-order valence-corrected chi connectivity index (χ3v) is 2.91. The fourth-order valence-corrected chi connectivity index (χ4v) is 1.92. The van der Waals surface area contributed by atoms with Gasteiger partial charge in [-0.05, 0) is 41.5 Å². The number of hydrogen-bond acceptors (Lipinski definition) is 6. The van der Waals surface area contributed by atoms with E-state index in [0.717, 1.165) is 11.3 Å². The van der Waals surface area contributed by atoms with E-state index in [4.69, 9.17) is 0 Å². The van der Waals surface area contributed by atoms with Crippen molar-refractivity contribution in [2.45, 2.75) is 6.92 Å². The average Bonchev–Trinajstić information content (AvgIpc) is 2.89. The summed E-state index contributed by atoms with van der Waals surface area (Å²) in [6.45, 7) is 1.97. The Morgan fingerprint density at radius 3 is 2.60 bits per heavy atom. The molecule has 1 heterocycles. The van der Waals surface area contributed by atoms with Gasteiger partial charge in [0, 0.05) is 5.69 Å². The summed E-state index contributed by atoms with van der Waals surface area (Å²) in [7, 11) is 0. The lowest BCUT2D eigenvalue weighted by Gasteiger charge is -2.07. The van der Waals surface area contributed by atoms with Gasteiger partial charge in [-0.15, -0.1) is 0 Å². The van der Waals surface area contributed by atoms with Crippen LogP contribution in [0, 0.1) is 17.0 Å². The van der Waals surface area contributed by atoms with Crippen LogP contribution in [0.4, 0.5) is 17.1 Å². The number of aromatic nitrogens is 2. The number of nitro benzene ring substituents is 1. The highest BCUT2D eigenvalue weighted by molar-refractivity contribution is 5.91. The summed E-state index contributed by atoms with van der Waals surface area (Å²) in [4.78, 5) is 10.7. The number of anilines is 2. The Morgan fingerprint density at radius 2 is 1.90 bits per heavy atom. The van der Waals surface area contributed by atoms with Gasteiger partial charge >= 0.3 is 5.69 Å². The van der Waals surface area contributed by atoms with Crippen LogP contribution in [0.25, 0.3) is 11.0 Å². The molecule has 0 amide bonds. The molecule has 0 unspecified atom stereocenters. The first kappa shape index (κ1) is 12.1. The van der Waals surface area contributed by atoms with Crippen LogP contribution < -0.4 is 5.32 Å². The van der Waals surface area contributed by atoms with Crippen LogP contribution in [-0.2, 0) is 0 Å². The predicted molar refractivity (Wildman–Crippen MR) is 72.9 cm³/mol. The summed E-state index contributed by atoms with van der Waals surface area (Å²) in [5.41, 5.74) is 2.56. The van der Waals surface area contributed by atoms with E-state index < -0.39 is 4.92 Å². The zero-order chi connectivity index (χ0) is 14.1. The van der Waals surface area contributed by atoms with Crippen molar-refractivity contribution in [3.63, 3.8) is 0 Å². The second kappa shape index (κ2) is 4.61. The minimum Gasteiger partial charge on any atom is -0.350 e. The van der Waals surface area contributed by atoms with E-state index in [1.165, 1.54) is 0 Å². The lowest BCUT2D eigenvalue weighted by atomic mass is 10.2. The SMILES string of the molecule is Cc1ccc(Nc2ccc3nonc3c2[N+](=O)[O-])cc1. The van der Waals surface area contributed by atoms with Gasteiger partial charge in [0.05, 0.1) is 4.92 Å². The quantitative estimate of drug-likeness (QED) is 0.580. The van der Waals surface area contributed by atoms with Gasteiger partial charge in [0.15, 0.2) is 0 Å². The van der Waals surface area contributed by atoms with Gasteiger partial charge in [0.2, 0.25) is 5.52 Å². The van der Waals surface area contributed by atoms with E-state index in [9.17, 15) is 10.1 Å². The minimum atomic E-state index is -0.497. The molecule has 1 N–H and O–H groups in total. The molecule has 0 radical (unpaired) electrons. The number of nitrogens with zero attached hydrogens (tertiary/aromatic N) is 3. The number of nitro groups is 1. The molecule has 0 atom stereocenters. The molecule has 0 aliphatic carbocycles. The fraction of sp³-hybridized carbons (Fsp3) is 0.0769. The number of rotatable bonds is 3. The van der Waals surface area contributed by atoms with E-state index in [0.29, 0.717) is 11.2 Å². The predicted octanol–water partition coefficient (Wildman–Crippen LogP) is 3.18. The molecule has 1 aromatic heterocycles. The zero-order valence-corrected chi connectivity index (χ0v) is 10.5. The highest BCUT2D eigenvalue weighted by Gasteiger charge is 2.22. The van der Waals surface area contributed by atoms with Crippen molar-refractivity contribution in [1.29, 1.82) is 0 Å². The van der Waals surface area contributed by atoms with Crippen molar-refractivity contribution in [3.8, 4) is 0 Å². The normalized spacial score (nSPS) is 10.7. The van der Waals surface area contributed by atoms with Gasteiger partial charge < -0.3 is 5.32 Å². The molecular formula is C13H10N4O3. The van der Waals surface area contributed by atoms with Gasteiger partial charge in [0.1, 0.15) is 11.2 Å². The molecule has 3 aromatic rings. The van der Waals surface area contributed by atoms with Crippen LogP contribution in [0.5, 0.6) is 0 Å². The maximum atomic E-state index is 11.2. The lowest BCUT2D eigenvalue weighted by molar-refractivity contribution is -0.382. The maximum Gasteiger partial charge on any atom is 0.323 e. The first-order valence-corrected chi connectivity index (χ1v) is 5.88. The standard InChI is InChI=1S/C13H10N4O3/c1-8-2-4-9(5-3-8)14-11-7-6-10-12(16-20-15-10)13(11)17(18)19/h2-7,14H,1H3. The van der Waals surface area contributed by atoms with E-state index in [-0.39, 0.29) is 11.2 Å². The number of aryl methyl sites for hydroxylation is 1. The van der Waals surface area contributed by atoms with Crippen molar-refractivity contribution in [1.82, 2.24) is 10.3 Å². The minimum absolute atomic E-state index is 0.132. The van der Waals surface area contributed by atoms with Crippen molar-refractivity contribution in [3.05, 3.63) is 52.1 Å². The highest BCUT2D eigenvalue weighted by atomic mass is 16.6. The Kier molecular flexibility index (Phi) is 2.79. The number of hydrogen-bond donors (Lipinski definition) is 1. The second-order valence-corrected chi connectivity index (χ2v) is 4.34. The van der Waals surface area contributed by atoms with Crippen molar-refractivity contribution < 1.29 is 9.55 Å². The molecule has 7 heteroatoms. The van der Waals surface area contributed by atoms with E-state index in [2.05, 4.69) is 20.3 Å². The van der Waals surface area contributed by atoms with E-state index >= 15 is 0 Å². The van der Waals surface area contributed by atoms with E-state index in [1.54, 1.807) is 12.1 Å². The van der Waals surface area contributed by atoms with Crippen LogP contribution in [0.1, 0.15) is 5.56 Å². The summed E-state index contributed by atoms with van der Waals surface area (Å²) >= 11 is 0. The molecule has 3 rings (SSSR count). The molecule has 0 aliphatic rings. The Hall–Kier alpha value is -2.96. The monoisotopic (exact) mass is 270 g/mol. The van der Waals surface area contributed by atoms with Gasteiger partial charge in [-0.2, -0.15) is 0 Å². The van der Waals surface area contributed by atoms with Crippen LogP contribution in [-0.4, -0.2) is 15.2 Å². The summed E-state index contributed by atoms with van der Waals surface area (Å²) in [5.74, 6) is 0. The summed E-state index contributed by atoms with van der Waals surface area (Å²) in [5, 5.41) is 21.4. The average molecular weight is 270 g/mol. The number of benzene rings is 2. The Labute approximate surface area is 113 Å². The smallest absolute Gasteiger partial charge is 0.323 e. The summed E-state index contributed by atoms with van der Waals surface area (Å²) in [6, 6.07) is 10.8. The number of fused-ring (bicyclic) bond motifs is 1. The molecule has 0 spiro atoms. The molecule has 7 nitrogen and oxygen atoms in total. The first-order chi connectivity index (χ1) is 9.65. The van der Waals surface area contributed by atoms with Gasteiger partial charge in [0.25, 0.3) is 0 Å². The molecule has 0 bridgehead atoms. The van der Waals surface area contributed by atoms with Crippen molar-refractivity contribution >= 4 is 28.1 Å². The molecule has 0 fully saturated rings. The Morgan fingerprint density at radius 1 is 1.15 bits per heavy atom. The van der Waals surface area contributed by atoms with Crippen LogP contribution >= 0.6 is 0 Å². The molecular weight excluding hydrogens is 260 g/mol. The van der Waals surface area contributed by atoms with Crippen LogP contribution in [0.3, 0.4) is 0 Å². The van der Waals surface area contributed by atoms with Crippen LogP contribution in [0.2, 0.25) is 0 Å². The maximum absolute atomic E-state index is 11.2. The third kappa shape index (κ3) is 2.05. The summed E-state index contributed by atoms with van der Waals surface area (Å²) in [6.07, 6.45) is 0. The molecule has 20 heavy (non-hydrogen) atoms. The largest absolute Gasteiger partial charge is 0.350 e. The van der Waals surface area contributed by atoms with Gasteiger partial charge in [-0.1, -0.05) is 17.7 Å². The highest BCUT2D eigenvalue weighted by Crippen LogP contribution is 2.33. The first-order valence-electron chi connectivity index (χ1n) is 5.88.